The molecule has 1 aliphatic rings. The minimum Gasteiger partial charge on any atom is -0.484 e. The molecule has 2 aromatic rings. The number of piperazine rings is 1. The Morgan fingerprint density at radius 3 is 2.83 bits per heavy atom. The highest BCUT2D eigenvalue weighted by Crippen LogP contribution is 2.23. The van der Waals surface area contributed by atoms with Crippen molar-refractivity contribution < 1.29 is 13.9 Å². The summed E-state index contributed by atoms with van der Waals surface area (Å²) in [5.41, 5.74) is 0.780. The zero-order chi connectivity index (χ0) is 16.9. The van der Waals surface area contributed by atoms with Crippen molar-refractivity contribution in [3.8, 4) is 5.75 Å². The van der Waals surface area contributed by atoms with E-state index in [2.05, 4.69) is 5.32 Å². The zero-order valence-corrected chi connectivity index (χ0v) is 13.8. The number of carbonyl (C=O) groups is 1. The van der Waals surface area contributed by atoms with Crippen LogP contribution in [0.3, 0.4) is 0 Å². The van der Waals surface area contributed by atoms with Crippen molar-refractivity contribution in [2.45, 2.75) is 6.04 Å². The predicted molar refractivity (Wildman–Crippen MR) is 90.7 cm³/mol. The molecule has 4 nitrogen and oxygen atoms in total. The highest BCUT2D eigenvalue weighted by molar-refractivity contribution is 6.30. The van der Waals surface area contributed by atoms with E-state index in [9.17, 15) is 9.18 Å². The summed E-state index contributed by atoms with van der Waals surface area (Å²) in [7, 11) is 0. The van der Waals surface area contributed by atoms with Crippen LogP contribution in [0.5, 0.6) is 5.75 Å². The van der Waals surface area contributed by atoms with Gasteiger partial charge in [-0.15, -0.1) is 0 Å². The zero-order valence-electron chi connectivity index (χ0n) is 13.0. The third kappa shape index (κ3) is 4.04. The van der Waals surface area contributed by atoms with Gasteiger partial charge in [-0.05, 0) is 42.0 Å². The Hall–Kier alpha value is -2.11. The van der Waals surface area contributed by atoms with Crippen LogP contribution in [0.15, 0.2) is 48.5 Å². The van der Waals surface area contributed by atoms with Crippen LogP contribution in [0.2, 0.25) is 5.02 Å². The van der Waals surface area contributed by atoms with E-state index in [1.807, 2.05) is 6.07 Å². The standard InChI is InChI=1S/C18H18ClFN2O2/c19-14-4-6-16(7-5-14)24-12-18(23)22-9-8-21-11-17(22)13-2-1-3-15(20)10-13/h1-7,10,17,21H,8-9,11-12H2. The fourth-order valence-corrected chi connectivity index (χ4v) is 2.90. The first-order chi connectivity index (χ1) is 11.6. The van der Waals surface area contributed by atoms with Gasteiger partial charge in [0.05, 0.1) is 6.04 Å². The number of hydrogen-bond acceptors (Lipinski definition) is 3. The fraction of sp³-hybridized carbons (Fsp3) is 0.278. The summed E-state index contributed by atoms with van der Waals surface area (Å²) in [6.45, 7) is 1.80. The van der Waals surface area contributed by atoms with Gasteiger partial charge in [-0.25, -0.2) is 4.39 Å². The van der Waals surface area contributed by atoms with E-state index in [-0.39, 0.29) is 24.4 Å². The number of carbonyl (C=O) groups excluding carboxylic acids is 1. The van der Waals surface area contributed by atoms with E-state index in [0.29, 0.717) is 30.4 Å². The maximum atomic E-state index is 13.5. The van der Waals surface area contributed by atoms with Crippen LogP contribution in [0.4, 0.5) is 4.39 Å². The number of nitrogens with one attached hydrogen (secondary N) is 1. The number of rotatable bonds is 4. The van der Waals surface area contributed by atoms with Crippen molar-refractivity contribution in [2.24, 2.45) is 0 Å². The summed E-state index contributed by atoms with van der Waals surface area (Å²) in [6, 6.07) is 13.0. The van der Waals surface area contributed by atoms with Crippen LogP contribution >= 0.6 is 11.6 Å². The van der Waals surface area contributed by atoms with Crippen LogP contribution in [0, 0.1) is 5.82 Å². The highest BCUT2D eigenvalue weighted by atomic mass is 35.5. The van der Waals surface area contributed by atoms with Crippen LogP contribution in [0.1, 0.15) is 11.6 Å². The summed E-state index contributed by atoms with van der Waals surface area (Å²) in [4.78, 5) is 14.3. The van der Waals surface area contributed by atoms with Gasteiger partial charge in [-0.2, -0.15) is 0 Å². The van der Waals surface area contributed by atoms with E-state index in [0.717, 1.165) is 5.56 Å². The molecular formula is C18H18ClFN2O2. The normalized spacial score (nSPS) is 17.6. The maximum Gasteiger partial charge on any atom is 0.261 e. The molecule has 0 aromatic heterocycles. The van der Waals surface area contributed by atoms with Crippen molar-refractivity contribution in [1.29, 1.82) is 0 Å². The molecule has 1 heterocycles. The van der Waals surface area contributed by atoms with E-state index < -0.39 is 0 Å². The second-order valence-corrected chi connectivity index (χ2v) is 6.04. The molecule has 1 unspecified atom stereocenters. The molecule has 1 amide bonds. The Kier molecular flexibility index (Phi) is 5.33. The van der Waals surface area contributed by atoms with Crippen molar-refractivity contribution in [3.63, 3.8) is 0 Å². The molecule has 1 N–H and O–H groups in total. The summed E-state index contributed by atoms with van der Waals surface area (Å²) in [5.74, 6) is 0.161. The molecule has 126 valence electrons. The number of halogens is 2. The summed E-state index contributed by atoms with van der Waals surface area (Å²) in [6.07, 6.45) is 0. The van der Waals surface area contributed by atoms with Gasteiger partial charge >= 0.3 is 0 Å². The first kappa shape index (κ1) is 16.7. The molecule has 3 rings (SSSR count). The molecular weight excluding hydrogens is 331 g/mol. The molecule has 0 spiro atoms. The fourth-order valence-electron chi connectivity index (χ4n) is 2.77. The SMILES string of the molecule is O=C(COc1ccc(Cl)cc1)N1CCNCC1c1cccc(F)c1. The third-order valence-corrected chi connectivity index (χ3v) is 4.23. The lowest BCUT2D eigenvalue weighted by atomic mass is 10.0. The van der Waals surface area contributed by atoms with Gasteiger partial charge in [-0.1, -0.05) is 23.7 Å². The molecule has 1 atom stereocenters. The number of benzene rings is 2. The van der Waals surface area contributed by atoms with Gasteiger partial charge in [0.25, 0.3) is 5.91 Å². The van der Waals surface area contributed by atoms with Crippen molar-refractivity contribution in [3.05, 3.63) is 64.9 Å². The second-order valence-electron chi connectivity index (χ2n) is 5.60. The molecule has 0 bridgehead atoms. The summed E-state index contributed by atoms with van der Waals surface area (Å²) in [5, 5.41) is 3.86. The Labute approximate surface area is 145 Å². The summed E-state index contributed by atoms with van der Waals surface area (Å²) < 4.78 is 19.0. The Morgan fingerprint density at radius 1 is 1.29 bits per heavy atom. The summed E-state index contributed by atoms with van der Waals surface area (Å²) >= 11 is 5.83. The Morgan fingerprint density at radius 2 is 2.08 bits per heavy atom. The molecule has 24 heavy (non-hydrogen) atoms. The minimum absolute atomic E-state index is 0.0621. The van der Waals surface area contributed by atoms with Gasteiger partial charge in [0, 0.05) is 24.7 Å². The van der Waals surface area contributed by atoms with Gasteiger partial charge in [-0.3, -0.25) is 4.79 Å². The monoisotopic (exact) mass is 348 g/mol. The van der Waals surface area contributed by atoms with Gasteiger partial charge < -0.3 is 15.0 Å². The van der Waals surface area contributed by atoms with Crippen LogP contribution in [-0.2, 0) is 4.79 Å². The number of ether oxygens (including phenoxy) is 1. The first-order valence-corrected chi connectivity index (χ1v) is 8.15. The lowest BCUT2D eigenvalue weighted by molar-refractivity contribution is -0.136. The number of amides is 1. The minimum atomic E-state index is -0.303. The highest BCUT2D eigenvalue weighted by Gasteiger charge is 2.28. The lowest BCUT2D eigenvalue weighted by Crippen LogP contribution is -2.50. The smallest absolute Gasteiger partial charge is 0.261 e. The van der Waals surface area contributed by atoms with Crippen LogP contribution in [-0.4, -0.2) is 37.0 Å². The van der Waals surface area contributed by atoms with E-state index in [4.69, 9.17) is 16.3 Å². The Balaban J connectivity index is 1.68. The molecule has 1 saturated heterocycles. The Bertz CT molecular complexity index is 708. The van der Waals surface area contributed by atoms with E-state index in [1.54, 1.807) is 35.2 Å². The van der Waals surface area contributed by atoms with Gasteiger partial charge in [0.2, 0.25) is 0 Å². The lowest BCUT2D eigenvalue weighted by Gasteiger charge is -2.36. The average Bonchev–Trinajstić information content (AvgIpc) is 2.61. The predicted octanol–water partition coefficient (Wildman–Crippen LogP) is 3.03. The molecule has 0 saturated carbocycles. The quantitative estimate of drug-likeness (QED) is 0.923. The molecule has 2 aromatic carbocycles. The average molecular weight is 349 g/mol. The molecule has 1 aliphatic heterocycles. The molecule has 1 fully saturated rings. The molecule has 0 radical (unpaired) electrons. The van der Waals surface area contributed by atoms with Crippen LogP contribution < -0.4 is 10.1 Å². The number of nitrogens with zero attached hydrogens (tertiary/aromatic N) is 1. The third-order valence-electron chi connectivity index (χ3n) is 3.97. The molecule has 0 aliphatic carbocycles. The van der Waals surface area contributed by atoms with Gasteiger partial charge in [0.1, 0.15) is 11.6 Å². The largest absolute Gasteiger partial charge is 0.484 e. The van der Waals surface area contributed by atoms with Crippen LogP contribution in [0.25, 0.3) is 0 Å². The molecule has 6 heteroatoms. The van der Waals surface area contributed by atoms with E-state index >= 15 is 0 Å². The van der Waals surface area contributed by atoms with Gasteiger partial charge in [0.15, 0.2) is 6.61 Å². The van der Waals surface area contributed by atoms with Crippen molar-refractivity contribution in [1.82, 2.24) is 10.2 Å². The van der Waals surface area contributed by atoms with E-state index in [1.165, 1.54) is 12.1 Å². The topological polar surface area (TPSA) is 41.6 Å². The van der Waals surface area contributed by atoms with Crippen molar-refractivity contribution in [2.75, 3.05) is 26.2 Å². The second kappa shape index (κ2) is 7.64. The first-order valence-electron chi connectivity index (χ1n) is 7.77. The maximum absolute atomic E-state index is 13.5. The van der Waals surface area contributed by atoms with Crippen molar-refractivity contribution >= 4 is 17.5 Å². The number of hydrogen-bond donors (Lipinski definition) is 1.